The Balaban J connectivity index is 2.19. The molecule has 3 aromatic rings. The van der Waals surface area contributed by atoms with Crippen LogP contribution in [0.4, 0.5) is 0 Å². The summed E-state index contributed by atoms with van der Waals surface area (Å²) in [5.41, 5.74) is 4.33. The molecule has 0 aliphatic heterocycles. The number of nitrogens with zero attached hydrogens (tertiary/aromatic N) is 4. The maximum atomic E-state index is 4.13. The van der Waals surface area contributed by atoms with E-state index in [-0.39, 0.29) is 0 Å². The Morgan fingerprint density at radius 1 is 1.05 bits per heavy atom. The zero-order chi connectivity index (χ0) is 13.1. The van der Waals surface area contributed by atoms with Crippen LogP contribution in [0.25, 0.3) is 16.8 Å². The molecule has 2 aromatic carbocycles. The zero-order valence-electron chi connectivity index (χ0n) is 10.1. The molecule has 0 bridgehead atoms. The Hall–Kier alpha value is -2.01. The molecule has 5 heteroatoms. The molecule has 0 radical (unpaired) electrons. The molecule has 0 spiro atoms. The van der Waals surface area contributed by atoms with Crippen LogP contribution >= 0.6 is 15.9 Å². The fraction of sp³-hybridized carbons (Fsp3) is 0.0714. The van der Waals surface area contributed by atoms with Crippen LogP contribution in [-0.2, 0) is 5.33 Å². The minimum atomic E-state index is 0.795. The Bertz CT molecular complexity index is 665. The molecule has 94 valence electrons. The van der Waals surface area contributed by atoms with Gasteiger partial charge in [-0.1, -0.05) is 58.4 Å². The summed E-state index contributed by atoms with van der Waals surface area (Å²) in [5.74, 6) is 0. The minimum Gasteiger partial charge on any atom is -0.135 e. The molecule has 0 saturated heterocycles. The number of tetrazole rings is 1. The molecule has 1 aromatic heterocycles. The maximum Gasteiger partial charge on any atom is 0.162 e. The normalized spacial score (nSPS) is 10.6. The molecule has 0 saturated carbocycles. The van der Waals surface area contributed by atoms with Gasteiger partial charge in [0.05, 0.1) is 5.69 Å². The van der Waals surface area contributed by atoms with Crippen LogP contribution in [0.3, 0.4) is 0 Å². The quantitative estimate of drug-likeness (QED) is 0.697. The van der Waals surface area contributed by atoms with Gasteiger partial charge < -0.3 is 0 Å². The SMILES string of the molecule is BrCc1ccc(-c2ccccc2)c(-n2ncnn2)c1. The summed E-state index contributed by atoms with van der Waals surface area (Å²) >= 11 is 3.47. The summed E-state index contributed by atoms with van der Waals surface area (Å²) in [6.45, 7) is 0. The van der Waals surface area contributed by atoms with Gasteiger partial charge in [0.2, 0.25) is 0 Å². The molecule has 19 heavy (non-hydrogen) atoms. The molecule has 0 fully saturated rings. The lowest BCUT2D eigenvalue weighted by Crippen LogP contribution is -2.02. The van der Waals surface area contributed by atoms with E-state index in [0.717, 1.165) is 22.1 Å². The first-order valence-electron chi connectivity index (χ1n) is 5.86. The largest absolute Gasteiger partial charge is 0.162 e. The van der Waals surface area contributed by atoms with Gasteiger partial charge in [0.1, 0.15) is 0 Å². The monoisotopic (exact) mass is 314 g/mol. The van der Waals surface area contributed by atoms with Crippen LogP contribution in [0, 0.1) is 0 Å². The van der Waals surface area contributed by atoms with E-state index in [0.29, 0.717) is 0 Å². The number of aromatic nitrogens is 4. The predicted octanol–water partition coefficient (Wildman–Crippen LogP) is 3.22. The van der Waals surface area contributed by atoms with Gasteiger partial charge in [-0.15, -0.1) is 15.0 Å². The van der Waals surface area contributed by atoms with Crippen molar-refractivity contribution in [1.29, 1.82) is 0 Å². The average molecular weight is 315 g/mol. The summed E-state index contributed by atoms with van der Waals surface area (Å²) < 4.78 is 0. The van der Waals surface area contributed by atoms with Gasteiger partial charge in [-0.05, 0) is 22.4 Å². The van der Waals surface area contributed by atoms with E-state index >= 15 is 0 Å². The Morgan fingerprint density at radius 3 is 2.58 bits per heavy atom. The summed E-state index contributed by atoms with van der Waals surface area (Å²) in [6, 6.07) is 16.4. The third kappa shape index (κ3) is 2.42. The molecule has 0 aliphatic rings. The van der Waals surface area contributed by atoms with Crippen LogP contribution in [-0.4, -0.2) is 20.2 Å². The number of halogens is 1. The van der Waals surface area contributed by atoms with Crippen LogP contribution in [0.15, 0.2) is 54.9 Å². The minimum absolute atomic E-state index is 0.795. The standard InChI is InChI=1S/C14H11BrN4/c15-9-11-6-7-13(12-4-2-1-3-5-12)14(8-11)19-17-10-16-18-19/h1-8,10H,9H2. The van der Waals surface area contributed by atoms with Gasteiger partial charge in [0.15, 0.2) is 6.33 Å². The highest BCUT2D eigenvalue weighted by Gasteiger charge is 2.09. The molecule has 0 N–H and O–H groups in total. The molecule has 0 amide bonds. The van der Waals surface area contributed by atoms with E-state index in [1.165, 1.54) is 11.9 Å². The first kappa shape index (κ1) is 12.0. The van der Waals surface area contributed by atoms with Crippen LogP contribution in [0.1, 0.15) is 5.56 Å². The number of rotatable bonds is 3. The highest BCUT2D eigenvalue weighted by molar-refractivity contribution is 9.08. The van der Waals surface area contributed by atoms with E-state index < -0.39 is 0 Å². The molecule has 3 rings (SSSR count). The zero-order valence-corrected chi connectivity index (χ0v) is 11.7. The second-order valence-corrected chi connectivity index (χ2v) is 4.64. The van der Waals surface area contributed by atoms with Crippen molar-refractivity contribution in [2.75, 3.05) is 0 Å². The van der Waals surface area contributed by atoms with Gasteiger partial charge in [-0.3, -0.25) is 0 Å². The number of hydrogen-bond donors (Lipinski definition) is 0. The molecular weight excluding hydrogens is 304 g/mol. The highest BCUT2D eigenvalue weighted by atomic mass is 79.9. The van der Waals surface area contributed by atoms with E-state index in [2.05, 4.69) is 61.7 Å². The highest BCUT2D eigenvalue weighted by Crippen LogP contribution is 2.27. The van der Waals surface area contributed by atoms with Gasteiger partial charge in [-0.25, -0.2) is 0 Å². The lowest BCUT2D eigenvalue weighted by atomic mass is 10.0. The Kier molecular flexibility index (Phi) is 3.37. The molecule has 0 aliphatic carbocycles. The van der Waals surface area contributed by atoms with Gasteiger partial charge in [0.25, 0.3) is 0 Å². The summed E-state index contributed by atoms with van der Waals surface area (Å²) in [4.78, 5) is 1.55. The average Bonchev–Trinajstić information content (AvgIpc) is 3.01. The second kappa shape index (κ2) is 5.32. The van der Waals surface area contributed by atoms with Crippen LogP contribution in [0.5, 0.6) is 0 Å². The third-order valence-corrected chi connectivity index (χ3v) is 3.51. The summed E-state index contributed by atoms with van der Waals surface area (Å²) in [5, 5.41) is 12.7. The molecular formula is C14H11BrN4. The first-order chi connectivity index (χ1) is 9.38. The van der Waals surface area contributed by atoms with Crippen molar-refractivity contribution >= 4 is 15.9 Å². The van der Waals surface area contributed by atoms with Crippen molar-refractivity contribution in [3.63, 3.8) is 0 Å². The smallest absolute Gasteiger partial charge is 0.135 e. The fourth-order valence-electron chi connectivity index (χ4n) is 1.97. The van der Waals surface area contributed by atoms with Gasteiger partial charge >= 0.3 is 0 Å². The van der Waals surface area contributed by atoms with Crippen molar-refractivity contribution in [1.82, 2.24) is 20.2 Å². The van der Waals surface area contributed by atoms with Crippen molar-refractivity contribution in [2.45, 2.75) is 5.33 Å². The first-order valence-corrected chi connectivity index (χ1v) is 6.98. The van der Waals surface area contributed by atoms with E-state index in [1.807, 2.05) is 18.2 Å². The number of hydrogen-bond acceptors (Lipinski definition) is 3. The Labute approximate surface area is 119 Å². The summed E-state index contributed by atoms with van der Waals surface area (Å²) in [6.07, 6.45) is 1.44. The molecule has 4 nitrogen and oxygen atoms in total. The van der Waals surface area contributed by atoms with E-state index in [9.17, 15) is 0 Å². The Morgan fingerprint density at radius 2 is 1.89 bits per heavy atom. The van der Waals surface area contributed by atoms with Crippen LogP contribution < -0.4 is 0 Å². The predicted molar refractivity (Wildman–Crippen MR) is 77.2 cm³/mol. The third-order valence-electron chi connectivity index (χ3n) is 2.87. The lowest BCUT2D eigenvalue weighted by molar-refractivity contribution is 0.720. The molecule has 1 heterocycles. The second-order valence-electron chi connectivity index (χ2n) is 4.08. The van der Waals surface area contributed by atoms with Crippen molar-refractivity contribution < 1.29 is 0 Å². The number of benzene rings is 2. The summed E-state index contributed by atoms with van der Waals surface area (Å²) in [7, 11) is 0. The van der Waals surface area contributed by atoms with E-state index in [4.69, 9.17) is 0 Å². The number of alkyl halides is 1. The topological polar surface area (TPSA) is 43.6 Å². The van der Waals surface area contributed by atoms with E-state index in [1.54, 1.807) is 4.80 Å². The van der Waals surface area contributed by atoms with Gasteiger partial charge in [0, 0.05) is 10.9 Å². The van der Waals surface area contributed by atoms with Gasteiger partial charge in [-0.2, -0.15) is 0 Å². The lowest BCUT2D eigenvalue weighted by Gasteiger charge is -2.09. The van der Waals surface area contributed by atoms with Crippen LogP contribution in [0.2, 0.25) is 0 Å². The molecule has 0 unspecified atom stereocenters. The maximum absolute atomic E-state index is 4.13. The fourth-order valence-corrected chi connectivity index (χ4v) is 2.31. The van der Waals surface area contributed by atoms with Crippen molar-refractivity contribution in [3.05, 3.63) is 60.4 Å². The van der Waals surface area contributed by atoms with Crippen molar-refractivity contribution in [3.8, 4) is 16.8 Å². The molecule has 0 atom stereocenters. The van der Waals surface area contributed by atoms with Crippen molar-refractivity contribution in [2.24, 2.45) is 0 Å².